The molecule has 0 aliphatic heterocycles. The number of nitrogens with zero attached hydrogens (tertiary/aromatic N) is 2. The lowest BCUT2D eigenvalue weighted by atomic mass is 9.89. The van der Waals surface area contributed by atoms with Gasteiger partial charge in [0, 0.05) is 11.3 Å². The van der Waals surface area contributed by atoms with Gasteiger partial charge in [0.2, 0.25) is 5.91 Å². The van der Waals surface area contributed by atoms with E-state index in [4.69, 9.17) is 5.11 Å². The molecule has 2 aromatic heterocycles. The second-order valence-corrected chi connectivity index (χ2v) is 7.48. The number of hydrogen-bond acceptors (Lipinski definition) is 6. The quantitative estimate of drug-likeness (QED) is 0.894. The maximum Gasteiger partial charge on any atom is 0.229 e. The number of amides is 1. The number of carbonyl (C=O) groups excluding carboxylic acids is 1. The molecule has 1 saturated carbocycles. The molecule has 3 rings (SSSR count). The van der Waals surface area contributed by atoms with E-state index in [1.54, 1.807) is 0 Å². The second-order valence-electron chi connectivity index (χ2n) is 5.54. The number of rotatable bonds is 4. The van der Waals surface area contributed by atoms with E-state index in [2.05, 4.69) is 15.3 Å². The van der Waals surface area contributed by atoms with Crippen LogP contribution in [-0.2, 0) is 11.4 Å². The lowest BCUT2D eigenvalue weighted by molar-refractivity contribution is -0.120. The van der Waals surface area contributed by atoms with Crippen LogP contribution in [0.25, 0.3) is 10.6 Å². The number of hydrogen-bond donors (Lipinski definition) is 2. The normalized spacial score (nSPS) is 15.9. The second kappa shape index (κ2) is 6.85. The Hall–Kier alpha value is -1.31. The fourth-order valence-electron chi connectivity index (χ4n) is 2.77. The third-order valence-electron chi connectivity index (χ3n) is 3.92. The molecule has 118 valence electrons. The van der Waals surface area contributed by atoms with E-state index in [-0.39, 0.29) is 18.4 Å². The van der Waals surface area contributed by atoms with Crippen LogP contribution in [0.1, 0.15) is 42.8 Å². The van der Waals surface area contributed by atoms with Crippen LogP contribution in [0.2, 0.25) is 0 Å². The molecule has 22 heavy (non-hydrogen) atoms. The Morgan fingerprint density at radius 1 is 1.36 bits per heavy atom. The van der Waals surface area contributed by atoms with Crippen LogP contribution in [0.15, 0.2) is 5.38 Å². The number of thiazole rings is 2. The number of aliphatic hydroxyl groups is 1. The van der Waals surface area contributed by atoms with E-state index in [1.807, 2.05) is 12.3 Å². The van der Waals surface area contributed by atoms with Gasteiger partial charge < -0.3 is 10.4 Å². The van der Waals surface area contributed by atoms with Gasteiger partial charge >= 0.3 is 0 Å². The predicted molar refractivity (Wildman–Crippen MR) is 89.1 cm³/mol. The third kappa shape index (κ3) is 3.37. The van der Waals surface area contributed by atoms with E-state index in [0.717, 1.165) is 41.9 Å². The Balaban J connectivity index is 1.70. The molecule has 1 aliphatic rings. The molecule has 1 amide bonds. The van der Waals surface area contributed by atoms with Crippen LogP contribution in [-0.4, -0.2) is 21.0 Å². The summed E-state index contributed by atoms with van der Waals surface area (Å²) in [5.74, 6) is 0.227. The van der Waals surface area contributed by atoms with Crippen molar-refractivity contribution in [1.82, 2.24) is 9.97 Å². The Kier molecular flexibility index (Phi) is 4.85. The van der Waals surface area contributed by atoms with Crippen LogP contribution in [0.3, 0.4) is 0 Å². The van der Waals surface area contributed by atoms with Gasteiger partial charge in [-0.1, -0.05) is 19.3 Å². The number of aliphatic hydroxyl groups excluding tert-OH is 1. The van der Waals surface area contributed by atoms with Crippen molar-refractivity contribution in [2.45, 2.75) is 45.6 Å². The van der Waals surface area contributed by atoms with Gasteiger partial charge in [0.1, 0.15) is 5.01 Å². The molecular weight excluding hydrogens is 318 g/mol. The fourth-order valence-corrected chi connectivity index (χ4v) is 4.43. The molecular formula is C15H19N3O2S2. The molecule has 1 fully saturated rings. The lowest BCUT2D eigenvalue weighted by Gasteiger charge is -2.19. The van der Waals surface area contributed by atoms with Crippen molar-refractivity contribution in [2.75, 3.05) is 5.32 Å². The zero-order chi connectivity index (χ0) is 15.5. The minimum atomic E-state index is -0.0546. The Morgan fingerprint density at radius 3 is 2.82 bits per heavy atom. The first-order chi connectivity index (χ1) is 10.7. The molecule has 5 nitrogen and oxygen atoms in total. The van der Waals surface area contributed by atoms with Gasteiger partial charge in [-0.15, -0.1) is 22.7 Å². The van der Waals surface area contributed by atoms with E-state index >= 15 is 0 Å². The van der Waals surface area contributed by atoms with Crippen molar-refractivity contribution in [3.63, 3.8) is 0 Å². The summed E-state index contributed by atoms with van der Waals surface area (Å²) in [4.78, 5) is 22.0. The van der Waals surface area contributed by atoms with Crippen LogP contribution >= 0.6 is 22.7 Å². The average Bonchev–Trinajstić information content (AvgIpc) is 3.14. The average molecular weight is 337 g/mol. The van der Waals surface area contributed by atoms with Crippen LogP contribution in [0.4, 0.5) is 5.13 Å². The van der Waals surface area contributed by atoms with Crippen molar-refractivity contribution >= 4 is 33.7 Å². The number of nitrogens with one attached hydrogen (secondary N) is 1. The molecule has 2 aromatic rings. The smallest absolute Gasteiger partial charge is 0.229 e. The molecule has 0 unspecified atom stereocenters. The zero-order valence-electron chi connectivity index (χ0n) is 12.5. The predicted octanol–water partition coefficient (Wildman–Crippen LogP) is 3.59. The summed E-state index contributed by atoms with van der Waals surface area (Å²) < 4.78 is 0. The van der Waals surface area contributed by atoms with Crippen LogP contribution in [0, 0.1) is 12.8 Å². The van der Waals surface area contributed by atoms with Gasteiger partial charge in [0.25, 0.3) is 0 Å². The van der Waals surface area contributed by atoms with E-state index < -0.39 is 0 Å². The van der Waals surface area contributed by atoms with Gasteiger partial charge in [0.05, 0.1) is 22.9 Å². The summed E-state index contributed by atoms with van der Waals surface area (Å²) in [7, 11) is 0. The summed E-state index contributed by atoms with van der Waals surface area (Å²) in [6.07, 6.45) is 5.50. The maximum atomic E-state index is 12.2. The summed E-state index contributed by atoms with van der Waals surface area (Å²) in [5, 5.41) is 15.4. The van der Waals surface area contributed by atoms with E-state index in [9.17, 15) is 4.79 Å². The van der Waals surface area contributed by atoms with Gasteiger partial charge in [-0.3, -0.25) is 4.79 Å². The fraction of sp³-hybridized carbons (Fsp3) is 0.533. The van der Waals surface area contributed by atoms with Gasteiger partial charge in [-0.25, -0.2) is 9.97 Å². The van der Waals surface area contributed by atoms with Gasteiger partial charge in [-0.05, 0) is 19.8 Å². The van der Waals surface area contributed by atoms with Crippen molar-refractivity contribution in [2.24, 2.45) is 5.92 Å². The molecule has 0 spiro atoms. The summed E-state index contributed by atoms with van der Waals surface area (Å²) in [6.45, 7) is 1.85. The highest BCUT2D eigenvalue weighted by atomic mass is 32.1. The van der Waals surface area contributed by atoms with Crippen LogP contribution in [0.5, 0.6) is 0 Å². The molecule has 0 aromatic carbocycles. The highest BCUT2D eigenvalue weighted by Crippen LogP contribution is 2.33. The number of aryl methyl sites for hydroxylation is 1. The molecule has 7 heteroatoms. The lowest BCUT2D eigenvalue weighted by Crippen LogP contribution is -2.24. The molecule has 2 heterocycles. The largest absolute Gasteiger partial charge is 0.389 e. The SMILES string of the molecule is Cc1nc(CO)sc1-c1csc(NC(=O)C2CCCCC2)n1. The van der Waals surface area contributed by atoms with Gasteiger partial charge in [-0.2, -0.15) is 0 Å². The third-order valence-corrected chi connectivity index (χ3v) is 5.84. The molecule has 0 atom stereocenters. The van der Waals surface area contributed by atoms with Crippen molar-refractivity contribution < 1.29 is 9.90 Å². The summed E-state index contributed by atoms with van der Waals surface area (Å²) in [6, 6.07) is 0. The molecule has 2 N–H and O–H groups in total. The highest BCUT2D eigenvalue weighted by molar-refractivity contribution is 7.17. The highest BCUT2D eigenvalue weighted by Gasteiger charge is 2.22. The topological polar surface area (TPSA) is 75.1 Å². The van der Waals surface area contributed by atoms with Gasteiger partial charge in [0.15, 0.2) is 5.13 Å². The van der Waals surface area contributed by atoms with E-state index in [1.165, 1.54) is 29.1 Å². The number of aromatic nitrogens is 2. The zero-order valence-corrected chi connectivity index (χ0v) is 14.1. The molecule has 0 saturated heterocycles. The maximum absolute atomic E-state index is 12.2. The van der Waals surface area contributed by atoms with Crippen LogP contribution < -0.4 is 5.32 Å². The number of anilines is 1. The monoisotopic (exact) mass is 337 g/mol. The minimum absolute atomic E-state index is 0.0546. The van der Waals surface area contributed by atoms with Crippen molar-refractivity contribution in [3.05, 3.63) is 16.1 Å². The minimum Gasteiger partial charge on any atom is -0.389 e. The Labute approximate surface area is 137 Å². The first kappa shape index (κ1) is 15.6. The van der Waals surface area contributed by atoms with E-state index in [0.29, 0.717) is 10.1 Å². The molecule has 1 aliphatic carbocycles. The van der Waals surface area contributed by atoms with Crippen molar-refractivity contribution in [1.29, 1.82) is 0 Å². The first-order valence-corrected chi connectivity index (χ1v) is 9.21. The summed E-state index contributed by atoms with van der Waals surface area (Å²) in [5.41, 5.74) is 1.68. The number of carbonyl (C=O) groups is 1. The Bertz CT molecular complexity index is 660. The molecule has 0 bridgehead atoms. The standard InChI is InChI=1S/C15H19N3O2S2/c1-9-13(22-12(7-19)16-9)11-8-21-15(17-11)18-14(20)10-5-3-2-4-6-10/h8,10,19H,2-7H2,1H3,(H,17,18,20). The molecule has 0 radical (unpaired) electrons. The summed E-state index contributed by atoms with van der Waals surface area (Å²) >= 11 is 2.88. The Morgan fingerprint density at radius 2 is 2.14 bits per heavy atom. The first-order valence-electron chi connectivity index (χ1n) is 7.51. The van der Waals surface area contributed by atoms with Crippen molar-refractivity contribution in [3.8, 4) is 10.6 Å².